The van der Waals surface area contributed by atoms with Crippen molar-refractivity contribution in [2.45, 2.75) is 19.4 Å². The summed E-state index contributed by atoms with van der Waals surface area (Å²) in [7, 11) is -3.43. The number of benzene rings is 1. The number of carboxylic acids is 1. The summed E-state index contributed by atoms with van der Waals surface area (Å²) < 4.78 is 22.7. The monoisotopic (exact) mass is 299 g/mol. The van der Waals surface area contributed by atoms with Gasteiger partial charge >= 0.3 is 5.97 Å². The third kappa shape index (κ3) is 5.40. The lowest BCUT2D eigenvalue weighted by Crippen LogP contribution is -2.35. The van der Waals surface area contributed by atoms with Crippen LogP contribution in [0.2, 0.25) is 0 Å². The summed E-state index contributed by atoms with van der Waals surface area (Å²) in [5, 5.41) is 11.3. The van der Waals surface area contributed by atoms with Gasteiger partial charge in [-0.25, -0.2) is 8.42 Å². The molecule has 0 heterocycles. The van der Waals surface area contributed by atoms with Gasteiger partial charge in [0.2, 0.25) is 5.91 Å². The van der Waals surface area contributed by atoms with E-state index in [-0.39, 0.29) is 12.2 Å². The Morgan fingerprint density at radius 1 is 1.25 bits per heavy atom. The second-order valence-electron chi connectivity index (χ2n) is 4.31. The highest BCUT2D eigenvalue weighted by Crippen LogP contribution is 2.16. The number of aliphatic carboxylic acids is 1. The summed E-state index contributed by atoms with van der Waals surface area (Å²) in [6.45, 7) is 1.45. The van der Waals surface area contributed by atoms with Gasteiger partial charge in [-0.3, -0.25) is 9.59 Å². The van der Waals surface area contributed by atoms with E-state index in [1.165, 1.54) is 6.92 Å². The Labute approximate surface area is 117 Å². The van der Waals surface area contributed by atoms with E-state index in [1.54, 1.807) is 30.3 Å². The normalized spacial score (nSPS) is 12.7. The van der Waals surface area contributed by atoms with Gasteiger partial charge in [0.25, 0.3) is 0 Å². The molecule has 0 saturated carbocycles. The van der Waals surface area contributed by atoms with Crippen molar-refractivity contribution in [3.05, 3.63) is 35.9 Å². The van der Waals surface area contributed by atoms with Gasteiger partial charge in [-0.1, -0.05) is 37.3 Å². The zero-order valence-electron chi connectivity index (χ0n) is 11.1. The van der Waals surface area contributed by atoms with Gasteiger partial charge < -0.3 is 10.4 Å². The van der Waals surface area contributed by atoms with E-state index in [0.29, 0.717) is 5.56 Å². The highest BCUT2D eigenvalue weighted by molar-refractivity contribution is 7.92. The predicted molar refractivity (Wildman–Crippen MR) is 73.9 cm³/mol. The van der Waals surface area contributed by atoms with Crippen molar-refractivity contribution in [1.82, 2.24) is 5.32 Å². The zero-order chi connectivity index (χ0) is 15.2. The zero-order valence-corrected chi connectivity index (χ0v) is 11.9. The second kappa shape index (κ2) is 7.04. The fraction of sp³-hybridized carbons (Fsp3) is 0.385. The average Bonchev–Trinajstić information content (AvgIpc) is 2.38. The molecule has 6 nitrogen and oxygen atoms in total. The van der Waals surface area contributed by atoms with Crippen LogP contribution in [0.4, 0.5) is 0 Å². The molecule has 0 aliphatic carbocycles. The van der Waals surface area contributed by atoms with Gasteiger partial charge in [0.05, 0.1) is 12.5 Å². The quantitative estimate of drug-likeness (QED) is 0.774. The fourth-order valence-corrected chi connectivity index (χ4v) is 2.34. The minimum atomic E-state index is -3.43. The Bertz CT molecular complexity index is 568. The summed E-state index contributed by atoms with van der Waals surface area (Å²) in [6.07, 6.45) is -0.304. The highest BCUT2D eigenvalue weighted by Gasteiger charge is 2.21. The highest BCUT2D eigenvalue weighted by atomic mass is 32.2. The maximum Gasteiger partial charge on any atom is 0.305 e. The van der Waals surface area contributed by atoms with Crippen molar-refractivity contribution >= 4 is 21.7 Å². The number of hydrogen-bond donors (Lipinski definition) is 2. The topological polar surface area (TPSA) is 101 Å². The van der Waals surface area contributed by atoms with Gasteiger partial charge in [0.1, 0.15) is 5.75 Å². The maximum absolute atomic E-state index is 11.7. The first-order chi connectivity index (χ1) is 9.34. The van der Waals surface area contributed by atoms with E-state index < -0.39 is 33.5 Å². The molecule has 0 radical (unpaired) electrons. The molecule has 7 heteroatoms. The lowest BCUT2D eigenvalue weighted by molar-refractivity contribution is -0.137. The largest absolute Gasteiger partial charge is 0.481 e. The summed E-state index contributed by atoms with van der Waals surface area (Å²) in [4.78, 5) is 22.5. The molecule has 2 N–H and O–H groups in total. The van der Waals surface area contributed by atoms with E-state index in [2.05, 4.69) is 5.32 Å². The number of carbonyl (C=O) groups excluding carboxylic acids is 1. The van der Waals surface area contributed by atoms with Crippen LogP contribution in [-0.4, -0.2) is 36.9 Å². The molecule has 0 bridgehead atoms. The molecule has 0 spiro atoms. The Kier molecular flexibility index (Phi) is 5.69. The number of nitrogens with one attached hydrogen (secondary N) is 1. The third-order valence-electron chi connectivity index (χ3n) is 2.71. The first-order valence-corrected chi connectivity index (χ1v) is 7.92. The average molecular weight is 299 g/mol. The summed E-state index contributed by atoms with van der Waals surface area (Å²) in [6, 6.07) is 7.83. The Hall–Kier alpha value is -1.89. The molecule has 0 aliphatic heterocycles. The van der Waals surface area contributed by atoms with Crippen LogP contribution in [0.15, 0.2) is 30.3 Å². The van der Waals surface area contributed by atoms with Crippen LogP contribution in [0.3, 0.4) is 0 Å². The molecule has 0 fully saturated rings. The van der Waals surface area contributed by atoms with Gasteiger partial charge in [0, 0.05) is 5.75 Å². The smallest absolute Gasteiger partial charge is 0.305 e. The van der Waals surface area contributed by atoms with Crippen molar-refractivity contribution in [2.24, 2.45) is 0 Å². The third-order valence-corrected chi connectivity index (χ3v) is 4.29. The lowest BCUT2D eigenvalue weighted by atomic mass is 10.0. The van der Waals surface area contributed by atoms with Crippen molar-refractivity contribution in [3.8, 4) is 0 Å². The Morgan fingerprint density at radius 2 is 1.85 bits per heavy atom. The number of amides is 1. The number of hydrogen-bond acceptors (Lipinski definition) is 4. The van der Waals surface area contributed by atoms with Gasteiger partial charge in [-0.15, -0.1) is 0 Å². The van der Waals surface area contributed by atoms with Crippen molar-refractivity contribution < 1.29 is 23.1 Å². The predicted octanol–water partition coefficient (Wildman–Crippen LogP) is 0.753. The molecule has 0 aliphatic rings. The van der Waals surface area contributed by atoms with Crippen molar-refractivity contribution in [3.63, 3.8) is 0 Å². The molecule has 1 aromatic carbocycles. The van der Waals surface area contributed by atoms with Gasteiger partial charge in [-0.05, 0) is 5.56 Å². The van der Waals surface area contributed by atoms with E-state index in [9.17, 15) is 18.0 Å². The summed E-state index contributed by atoms with van der Waals surface area (Å²) in [5.41, 5.74) is 0.622. The number of carboxylic acid groups (broad SMARTS) is 1. The Balaban J connectivity index is 2.81. The van der Waals surface area contributed by atoms with Crippen LogP contribution in [0.5, 0.6) is 0 Å². The molecule has 1 unspecified atom stereocenters. The van der Waals surface area contributed by atoms with Crippen LogP contribution in [0.1, 0.15) is 24.9 Å². The van der Waals surface area contributed by atoms with Crippen LogP contribution in [0, 0.1) is 0 Å². The summed E-state index contributed by atoms with van der Waals surface area (Å²) >= 11 is 0. The second-order valence-corrected chi connectivity index (χ2v) is 6.66. The molecule has 110 valence electrons. The van der Waals surface area contributed by atoms with E-state index in [1.807, 2.05) is 0 Å². The standard InChI is InChI=1S/C13H17NO5S/c1-2-20(18,19)9-12(15)14-11(8-13(16)17)10-6-4-3-5-7-10/h3-7,11H,2,8-9H2,1H3,(H,14,15)(H,16,17). The molecule has 20 heavy (non-hydrogen) atoms. The van der Waals surface area contributed by atoms with Crippen LogP contribution in [0.25, 0.3) is 0 Å². The molecule has 1 aromatic rings. The van der Waals surface area contributed by atoms with Crippen LogP contribution < -0.4 is 5.32 Å². The minimum absolute atomic E-state index is 0.130. The molecule has 0 aromatic heterocycles. The molecule has 1 atom stereocenters. The molecular weight excluding hydrogens is 282 g/mol. The molecule has 0 saturated heterocycles. The Morgan fingerprint density at radius 3 is 2.35 bits per heavy atom. The number of rotatable bonds is 7. The maximum atomic E-state index is 11.7. The van der Waals surface area contributed by atoms with Crippen molar-refractivity contribution in [2.75, 3.05) is 11.5 Å². The first kappa shape index (κ1) is 16.2. The van der Waals surface area contributed by atoms with E-state index in [4.69, 9.17) is 5.11 Å². The minimum Gasteiger partial charge on any atom is -0.481 e. The van der Waals surface area contributed by atoms with Crippen LogP contribution >= 0.6 is 0 Å². The van der Waals surface area contributed by atoms with Crippen molar-refractivity contribution in [1.29, 1.82) is 0 Å². The first-order valence-electron chi connectivity index (χ1n) is 6.10. The lowest BCUT2D eigenvalue weighted by Gasteiger charge is -2.17. The number of carbonyl (C=O) groups is 2. The van der Waals surface area contributed by atoms with E-state index >= 15 is 0 Å². The molecular formula is C13H17NO5S. The number of sulfone groups is 1. The summed E-state index contributed by atoms with van der Waals surface area (Å²) in [5.74, 6) is -2.53. The SMILES string of the molecule is CCS(=O)(=O)CC(=O)NC(CC(=O)O)c1ccccc1. The van der Waals surface area contributed by atoms with Gasteiger partial charge in [-0.2, -0.15) is 0 Å². The van der Waals surface area contributed by atoms with Crippen LogP contribution in [-0.2, 0) is 19.4 Å². The molecule has 1 amide bonds. The fourth-order valence-electron chi connectivity index (χ4n) is 1.65. The van der Waals surface area contributed by atoms with E-state index in [0.717, 1.165) is 0 Å². The van der Waals surface area contributed by atoms with Gasteiger partial charge in [0.15, 0.2) is 9.84 Å². The molecule has 1 rings (SSSR count).